The van der Waals surface area contributed by atoms with Crippen LogP contribution in [0.3, 0.4) is 0 Å². The number of nitrogens with one attached hydrogen (secondary N) is 1. The molecule has 7 heteroatoms. The first kappa shape index (κ1) is 20.6. The van der Waals surface area contributed by atoms with E-state index in [4.69, 9.17) is 0 Å². The van der Waals surface area contributed by atoms with Crippen molar-refractivity contribution in [1.29, 1.82) is 0 Å². The Morgan fingerprint density at radius 1 is 1.11 bits per heavy atom. The topological polar surface area (TPSA) is 83.6 Å². The highest BCUT2D eigenvalue weighted by Crippen LogP contribution is 2.23. The van der Waals surface area contributed by atoms with E-state index in [0.29, 0.717) is 17.7 Å². The van der Waals surface area contributed by atoms with Gasteiger partial charge >= 0.3 is 0 Å². The molecular weight excluding hydrogens is 364 g/mol. The van der Waals surface area contributed by atoms with Crippen LogP contribution in [0.1, 0.15) is 42.2 Å². The van der Waals surface area contributed by atoms with Gasteiger partial charge in [-0.15, -0.1) is 0 Å². The summed E-state index contributed by atoms with van der Waals surface area (Å²) in [7, 11) is -1.57. The van der Waals surface area contributed by atoms with Crippen LogP contribution in [0.5, 0.6) is 0 Å². The van der Waals surface area contributed by atoms with Crippen LogP contribution in [0.4, 0.5) is 5.69 Å². The average molecular weight is 388 g/mol. The molecule has 0 saturated heterocycles. The van der Waals surface area contributed by atoms with Crippen LogP contribution in [0.25, 0.3) is 0 Å². The number of benzene rings is 2. The van der Waals surface area contributed by atoms with Crippen molar-refractivity contribution in [3.8, 4) is 0 Å². The van der Waals surface area contributed by atoms with E-state index in [9.17, 15) is 18.0 Å². The number of anilines is 1. The summed E-state index contributed by atoms with van der Waals surface area (Å²) >= 11 is 0. The lowest BCUT2D eigenvalue weighted by molar-refractivity contribution is -0.115. The van der Waals surface area contributed by atoms with Crippen molar-refractivity contribution < 1.29 is 18.0 Å². The molecule has 0 aromatic heterocycles. The lowest BCUT2D eigenvalue weighted by Crippen LogP contribution is -2.29. The third-order valence-corrected chi connectivity index (χ3v) is 5.53. The van der Waals surface area contributed by atoms with Crippen molar-refractivity contribution in [2.45, 2.75) is 31.2 Å². The van der Waals surface area contributed by atoms with Gasteiger partial charge in [0.2, 0.25) is 5.91 Å². The zero-order chi connectivity index (χ0) is 20.2. The Morgan fingerprint density at radius 3 is 2.30 bits per heavy atom. The smallest absolute Gasteiger partial charge is 0.254 e. The largest absolute Gasteiger partial charge is 0.335 e. The second-order valence-electron chi connectivity index (χ2n) is 6.42. The van der Waals surface area contributed by atoms with Gasteiger partial charge in [-0.05, 0) is 42.8 Å². The maximum absolute atomic E-state index is 12.8. The molecule has 0 fully saturated rings. The predicted octanol–water partition coefficient (Wildman–Crippen LogP) is 3.27. The highest BCUT2D eigenvalue weighted by Gasteiger charge is 2.20. The minimum atomic E-state index is -3.26. The molecule has 6 nitrogen and oxygen atoms in total. The van der Waals surface area contributed by atoms with Crippen molar-refractivity contribution >= 4 is 27.3 Å². The number of amides is 2. The van der Waals surface area contributed by atoms with Gasteiger partial charge in [-0.3, -0.25) is 9.59 Å². The lowest BCUT2D eigenvalue weighted by atomic mass is 10.1. The molecule has 144 valence electrons. The molecule has 1 atom stereocenters. The van der Waals surface area contributed by atoms with Gasteiger partial charge in [-0.25, -0.2) is 8.42 Å². The molecule has 0 heterocycles. The highest BCUT2D eigenvalue weighted by atomic mass is 32.2. The van der Waals surface area contributed by atoms with Gasteiger partial charge in [0.05, 0.1) is 10.9 Å². The van der Waals surface area contributed by atoms with Gasteiger partial charge in [0.15, 0.2) is 9.84 Å². The van der Waals surface area contributed by atoms with Crippen LogP contribution in [0.2, 0.25) is 0 Å². The molecule has 2 amide bonds. The molecule has 0 bridgehead atoms. The quantitative estimate of drug-likeness (QED) is 0.823. The van der Waals surface area contributed by atoms with E-state index in [-0.39, 0.29) is 22.8 Å². The van der Waals surface area contributed by atoms with Crippen molar-refractivity contribution in [3.05, 3.63) is 59.7 Å². The maximum Gasteiger partial charge on any atom is 0.254 e. The first-order chi connectivity index (χ1) is 12.6. The van der Waals surface area contributed by atoms with Gasteiger partial charge in [-0.2, -0.15) is 0 Å². The average Bonchev–Trinajstić information content (AvgIpc) is 2.65. The Labute approximate surface area is 160 Å². The fourth-order valence-electron chi connectivity index (χ4n) is 2.58. The van der Waals surface area contributed by atoms with E-state index in [0.717, 1.165) is 11.8 Å². The summed E-state index contributed by atoms with van der Waals surface area (Å²) in [5.41, 5.74) is 1.87. The van der Waals surface area contributed by atoms with Crippen molar-refractivity contribution in [3.63, 3.8) is 0 Å². The molecule has 0 radical (unpaired) electrons. The summed E-state index contributed by atoms with van der Waals surface area (Å²) in [6.07, 6.45) is 1.52. The zero-order valence-corrected chi connectivity index (χ0v) is 16.7. The predicted molar refractivity (Wildman–Crippen MR) is 105 cm³/mol. The van der Waals surface area contributed by atoms with Crippen molar-refractivity contribution in [2.24, 2.45) is 0 Å². The number of hydrogen-bond acceptors (Lipinski definition) is 4. The molecule has 1 unspecified atom stereocenters. The normalized spacial score (nSPS) is 12.3. The second-order valence-corrected chi connectivity index (χ2v) is 8.43. The van der Waals surface area contributed by atoms with Crippen molar-refractivity contribution in [1.82, 2.24) is 4.90 Å². The standard InChI is InChI=1S/C20H24N2O4S/c1-5-19(23)21-17-8-6-7-16(13-17)20(24)22(3)14(2)15-9-11-18(12-10-15)27(4,25)26/h6-14H,5H2,1-4H3,(H,21,23). The number of hydrogen-bond donors (Lipinski definition) is 1. The third-order valence-electron chi connectivity index (χ3n) is 4.41. The van der Waals surface area contributed by atoms with E-state index in [1.807, 2.05) is 6.92 Å². The fraction of sp³-hybridized carbons (Fsp3) is 0.300. The first-order valence-corrected chi connectivity index (χ1v) is 10.5. The van der Waals surface area contributed by atoms with Gasteiger partial charge in [0, 0.05) is 31.0 Å². The Bertz CT molecular complexity index is 937. The molecule has 0 aliphatic heterocycles. The number of rotatable bonds is 6. The molecule has 0 aliphatic carbocycles. The summed E-state index contributed by atoms with van der Waals surface area (Å²) in [5, 5.41) is 2.74. The SMILES string of the molecule is CCC(=O)Nc1cccc(C(=O)N(C)C(C)c2ccc(S(C)(=O)=O)cc2)c1. The molecule has 1 N–H and O–H groups in total. The minimum Gasteiger partial charge on any atom is -0.335 e. The molecule has 2 aromatic rings. The third kappa shape index (κ3) is 5.17. The molecule has 0 aliphatic rings. The maximum atomic E-state index is 12.8. The van der Waals surface area contributed by atoms with E-state index >= 15 is 0 Å². The number of sulfone groups is 1. The van der Waals surface area contributed by atoms with Crippen LogP contribution < -0.4 is 5.32 Å². The summed E-state index contributed by atoms with van der Waals surface area (Å²) in [6.45, 7) is 3.63. The van der Waals surface area contributed by atoms with Gasteiger partial charge in [0.25, 0.3) is 5.91 Å². The van der Waals surface area contributed by atoms with E-state index in [1.54, 1.807) is 67.4 Å². The highest BCUT2D eigenvalue weighted by molar-refractivity contribution is 7.90. The Morgan fingerprint density at radius 2 is 1.74 bits per heavy atom. The van der Waals surface area contributed by atoms with Crippen LogP contribution in [-0.4, -0.2) is 38.4 Å². The van der Waals surface area contributed by atoms with Crippen LogP contribution in [-0.2, 0) is 14.6 Å². The van der Waals surface area contributed by atoms with E-state index < -0.39 is 9.84 Å². The van der Waals surface area contributed by atoms with Gasteiger partial charge in [0.1, 0.15) is 0 Å². The van der Waals surface area contributed by atoms with Crippen LogP contribution in [0.15, 0.2) is 53.4 Å². The fourth-order valence-corrected chi connectivity index (χ4v) is 3.21. The van der Waals surface area contributed by atoms with Crippen molar-refractivity contribution in [2.75, 3.05) is 18.6 Å². The number of nitrogens with zero attached hydrogens (tertiary/aromatic N) is 1. The van der Waals surface area contributed by atoms with E-state index in [1.165, 1.54) is 0 Å². The molecular formula is C20H24N2O4S. The summed E-state index contributed by atoms with van der Waals surface area (Å²) < 4.78 is 23.2. The Balaban J connectivity index is 2.19. The lowest BCUT2D eigenvalue weighted by Gasteiger charge is -2.26. The summed E-state index contributed by atoms with van der Waals surface area (Å²) in [5.74, 6) is -0.311. The molecule has 27 heavy (non-hydrogen) atoms. The molecule has 0 spiro atoms. The molecule has 0 saturated carbocycles. The van der Waals surface area contributed by atoms with Gasteiger partial charge in [-0.1, -0.05) is 25.1 Å². The Kier molecular flexibility index (Phi) is 6.38. The summed E-state index contributed by atoms with van der Waals surface area (Å²) in [4.78, 5) is 26.2. The van der Waals surface area contributed by atoms with E-state index in [2.05, 4.69) is 5.32 Å². The van der Waals surface area contributed by atoms with Crippen LogP contribution in [0, 0.1) is 0 Å². The summed E-state index contributed by atoms with van der Waals surface area (Å²) in [6, 6.07) is 13.0. The molecule has 2 rings (SSSR count). The zero-order valence-electron chi connectivity index (χ0n) is 15.9. The number of carbonyl (C=O) groups is 2. The monoisotopic (exact) mass is 388 g/mol. The minimum absolute atomic E-state index is 0.118. The first-order valence-electron chi connectivity index (χ1n) is 8.60. The van der Waals surface area contributed by atoms with Crippen LogP contribution >= 0.6 is 0 Å². The molecule has 2 aromatic carbocycles. The number of carbonyl (C=O) groups excluding carboxylic acids is 2. The van der Waals surface area contributed by atoms with Gasteiger partial charge < -0.3 is 10.2 Å². The Hall–Kier alpha value is -2.67. The second kappa shape index (κ2) is 8.35.